The van der Waals surface area contributed by atoms with Crippen molar-refractivity contribution in [3.05, 3.63) is 29.8 Å². The quantitative estimate of drug-likeness (QED) is 0.507. The predicted molar refractivity (Wildman–Crippen MR) is 66.2 cm³/mol. The molecule has 1 aliphatic rings. The summed E-state index contributed by atoms with van der Waals surface area (Å²) < 4.78 is 10.5. The number of aldehydes is 1. The zero-order valence-corrected chi connectivity index (χ0v) is 10.5. The van der Waals surface area contributed by atoms with Gasteiger partial charge in [-0.15, -0.1) is 0 Å². The van der Waals surface area contributed by atoms with Crippen LogP contribution in [-0.4, -0.2) is 64.0 Å². The maximum atomic E-state index is 10.9. The minimum absolute atomic E-state index is 0.173. The standard InChI is InChI=1S/C13H16O7/c14-5-7-3-1-2-4-8(7)19-13-12(18)11(17)10(16)9(6-15)20-13/h1-5,9-13,15-18H,6H2/t9?,10-,11-,12?,13-/m1/s1. The lowest BCUT2D eigenvalue weighted by molar-refractivity contribution is -0.277. The Kier molecular flexibility index (Phi) is 4.69. The van der Waals surface area contributed by atoms with Gasteiger partial charge in [0.15, 0.2) is 6.29 Å². The Bertz CT molecular complexity index is 462. The van der Waals surface area contributed by atoms with E-state index in [-0.39, 0.29) is 11.3 Å². The van der Waals surface area contributed by atoms with Gasteiger partial charge in [0.1, 0.15) is 30.2 Å². The molecule has 0 aliphatic carbocycles. The molecule has 1 saturated heterocycles. The van der Waals surface area contributed by atoms with Crippen LogP contribution in [0.4, 0.5) is 0 Å². The van der Waals surface area contributed by atoms with Gasteiger partial charge in [0.2, 0.25) is 6.29 Å². The van der Waals surface area contributed by atoms with Crippen molar-refractivity contribution in [3.8, 4) is 5.75 Å². The molecule has 0 amide bonds. The normalized spacial score (nSPS) is 33.7. The van der Waals surface area contributed by atoms with E-state index in [0.29, 0.717) is 6.29 Å². The number of ether oxygens (including phenoxy) is 2. The lowest BCUT2D eigenvalue weighted by Gasteiger charge is -2.39. The Hall–Kier alpha value is -1.51. The van der Waals surface area contributed by atoms with Crippen LogP contribution >= 0.6 is 0 Å². The second-order valence-electron chi connectivity index (χ2n) is 4.47. The maximum Gasteiger partial charge on any atom is 0.229 e. The number of hydrogen-bond donors (Lipinski definition) is 4. The lowest BCUT2D eigenvalue weighted by Crippen LogP contribution is -2.60. The molecule has 2 rings (SSSR count). The molecule has 2 unspecified atom stereocenters. The first-order valence-corrected chi connectivity index (χ1v) is 6.10. The van der Waals surface area contributed by atoms with Crippen molar-refractivity contribution in [1.82, 2.24) is 0 Å². The molecule has 1 heterocycles. The summed E-state index contributed by atoms with van der Waals surface area (Å²) in [6, 6.07) is 6.30. The van der Waals surface area contributed by atoms with Gasteiger partial charge in [-0.3, -0.25) is 4.79 Å². The number of carbonyl (C=O) groups is 1. The molecule has 20 heavy (non-hydrogen) atoms. The molecule has 0 bridgehead atoms. The molecule has 1 aliphatic heterocycles. The Morgan fingerprint density at radius 1 is 1.15 bits per heavy atom. The second kappa shape index (κ2) is 6.29. The summed E-state index contributed by atoms with van der Waals surface area (Å²) >= 11 is 0. The number of para-hydroxylation sites is 1. The molecular weight excluding hydrogens is 268 g/mol. The molecule has 110 valence electrons. The molecule has 4 N–H and O–H groups in total. The Morgan fingerprint density at radius 3 is 2.50 bits per heavy atom. The van der Waals surface area contributed by atoms with E-state index >= 15 is 0 Å². The topological polar surface area (TPSA) is 116 Å². The first-order valence-electron chi connectivity index (χ1n) is 6.10. The van der Waals surface area contributed by atoms with Gasteiger partial charge < -0.3 is 29.9 Å². The Labute approximate surface area is 115 Å². The van der Waals surface area contributed by atoms with Crippen LogP contribution in [0.15, 0.2) is 24.3 Å². The van der Waals surface area contributed by atoms with Gasteiger partial charge >= 0.3 is 0 Å². The van der Waals surface area contributed by atoms with Crippen LogP contribution in [0.2, 0.25) is 0 Å². The third-order valence-electron chi connectivity index (χ3n) is 3.14. The molecule has 1 fully saturated rings. The van der Waals surface area contributed by atoms with E-state index in [1.165, 1.54) is 12.1 Å². The number of aliphatic hydroxyl groups excluding tert-OH is 4. The number of hydrogen-bond acceptors (Lipinski definition) is 7. The van der Waals surface area contributed by atoms with Crippen molar-refractivity contribution in [2.45, 2.75) is 30.7 Å². The zero-order valence-electron chi connectivity index (χ0n) is 10.5. The molecule has 1 aromatic rings. The molecule has 7 nitrogen and oxygen atoms in total. The van der Waals surface area contributed by atoms with E-state index < -0.39 is 37.3 Å². The largest absolute Gasteiger partial charge is 0.461 e. The van der Waals surface area contributed by atoms with Crippen LogP contribution < -0.4 is 4.74 Å². The lowest BCUT2D eigenvalue weighted by atomic mass is 9.99. The van der Waals surface area contributed by atoms with E-state index in [1.807, 2.05) is 0 Å². The van der Waals surface area contributed by atoms with Crippen LogP contribution in [0.3, 0.4) is 0 Å². The summed E-state index contributed by atoms with van der Waals surface area (Å²) in [5.74, 6) is 0.173. The van der Waals surface area contributed by atoms with Gasteiger partial charge in [-0.1, -0.05) is 12.1 Å². The van der Waals surface area contributed by atoms with Crippen LogP contribution in [0.1, 0.15) is 10.4 Å². The minimum Gasteiger partial charge on any atom is -0.461 e. The van der Waals surface area contributed by atoms with Crippen LogP contribution in [0, 0.1) is 0 Å². The van der Waals surface area contributed by atoms with E-state index in [2.05, 4.69) is 0 Å². The monoisotopic (exact) mass is 284 g/mol. The second-order valence-corrected chi connectivity index (χ2v) is 4.47. The van der Waals surface area contributed by atoms with Crippen LogP contribution in [0.25, 0.3) is 0 Å². The minimum atomic E-state index is -1.52. The van der Waals surface area contributed by atoms with Gasteiger partial charge in [-0.2, -0.15) is 0 Å². The third-order valence-corrected chi connectivity index (χ3v) is 3.14. The molecule has 1 aromatic carbocycles. The van der Waals surface area contributed by atoms with E-state index in [4.69, 9.17) is 14.6 Å². The van der Waals surface area contributed by atoms with Crippen molar-refractivity contribution in [2.75, 3.05) is 6.61 Å². The highest BCUT2D eigenvalue weighted by atomic mass is 16.7. The highest BCUT2D eigenvalue weighted by Gasteiger charge is 2.44. The molecule has 0 radical (unpaired) electrons. The number of carbonyl (C=O) groups excluding carboxylic acids is 1. The smallest absolute Gasteiger partial charge is 0.229 e. The fourth-order valence-electron chi connectivity index (χ4n) is 1.98. The highest BCUT2D eigenvalue weighted by Crippen LogP contribution is 2.25. The van der Waals surface area contributed by atoms with Crippen molar-refractivity contribution in [2.24, 2.45) is 0 Å². The van der Waals surface area contributed by atoms with Crippen LogP contribution in [-0.2, 0) is 4.74 Å². The van der Waals surface area contributed by atoms with Gasteiger partial charge in [0.05, 0.1) is 12.2 Å². The van der Waals surface area contributed by atoms with Gasteiger partial charge in [0, 0.05) is 0 Å². The summed E-state index contributed by atoms with van der Waals surface area (Å²) in [5.41, 5.74) is 0.254. The Balaban J connectivity index is 2.17. The molecule has 5 atom stereocenters. The fraction of sp³-hybridized carbons (Fsp3) is 0.462. The average molecular weight is 284 g/mol. The summed E-state index contributed by atoms with van der Waals surface area (Å²) in [6.45, 7) is -0.542. The van der Waals surface area contributed by atoms with Crippen molar-refractivity contribution >= 4 is 6.29 Å². The van der Waals surface area contributed by atoms with Gasteiger partial charge in [-0.05, 0) is 12.1 Å². The number of rotatable bonds is 4. The Morgan fingerprint density at radius 2 is 1.85 bits per heavy atom. The van der Waals surface area contributed by atoms with Crippen molar-refractivity contribution < 1.29 is 34.7 Å². The summed E-state index contributed by atoms with van der Waals surface area (Å²) in [7, 11) is 0. The maximum absolute atomic E-state index is 10.9. The molecular formula is C13H16O7. The first kappa shape index (κ1) is 14.9. The van der Waals surface area contributed by atoms with Crippen LogP contribution in [0.5, 0.6) is 5.75 Å². The summed E-state index contributed by atoms with van der Waals surface area (Å²) in [5, 5.41) is 38.1. The molecule has 0 aromatic heterocycles. The fourth-order valence-corrected chi connectivity index (χ4v) is 1.98. The summed E-state index contributed by atoms with van der Waals surface area (Å²) in [6.07, 6.45) is -6.24. The molecule has 0 spiro atoms. The molecule has 0 saturated carbocycles. The SMILES string of the molecule is O=Cc1ccccc1O[C@@H]1OC(CO)[C@@H](O)[C@@H](O)C1O. The predicted octanol–water partition coefficient (Wildman–Crippen LogP) is -1.32. The third kappa shape index (κ3) is 2.82. The molecule has 7 heteroatoms. The summed E-state index contributed by atoms with van der Waals surface area (Å²) in [4.78, 5) is 10.9. The average Bonchev–Trinajstić information content (AvgIpc) is 2.48. The van der Waals surface area contributed by atoms with E-state index in [0.717, 1.165) is 0 Å². The number of aliphatic hydroxyl groups is 4. The van der Waals surface area contributed by atoms with E-state index in [9.17, 15) is 20.1 Å². The van der Waals surface area contributed by atoms with Gasteiger partial charge in [-0.25, -0.2) is 0 Å². The zero-order chi connectivity index (χ0) is 14.7. The van der Waals surface area contributed by atoms with E-state index in [1.54, 1.807) is 12.1 Å². The van der Waals surface area contributed by atoms with Gasteiger partial charge in [0.25, 0.3) is 0 Å². The van der Waals surface area contributed by atoms with Crippen molar-refractivity contribution in [1.29, 1.82) is 0 Å². The first-order chi connectivity index (χ1) is 9.58. The van der Waals surface area contributed by atoms with Crippen molar-refractivity contribution in [3.63, 3.8) is 0 Å². The number of benzene rings is 1. The highest BCUT2D eigenvalue weighted by molar-refractivity contribution is 5.79.